The summed E-state index contributed by atoms with van der Waals surface area (Å²) in [5.74, 6) is 0.500. The first kappa shape index (κ1) is 24.6. The summed E-state index contributed by atoms with van der Waals surface area (Å²) in [4.78, 5) is 13.7. The Bertz CT molecular complexity index is 1230. The number of phenolic OH excluding ortho intramolecular Hbond substituents is 1. The molecule has 1 heterocycles. The number of aromatic hydroxyl groups is 1. The number of hydrogen-bond acceptors (Lipinski definition) is 3. The van der Waals surface area contributed by atoms with Crippen molar-refractivity contribution in [3.8, 4) is 11.5 Å². The fourth-order valence-corrected chi connectivity index (χ4v) is 4.86. The lowest BCUT2D eigenvalue weighted by atomic mass is 9.75. The van der Waals surface area contributed by atoms with Crippen molar-refractivity contribution in [2.45, 2.75) is 64.4 Å². The van der Waals surface area contributed by atoms with E-state index < -0.39 is 6.10 Å². The van der Waals surface area contributed by atoms with Gasteiger partial charge in [-0.15, -0.1) is 0 Å². The molecule has 0 aliphatic carbocycles. The Morgan fingerprint density at radius 1 is 0.853 bits per heavy atom. The zero-order valence-electron chi connectivity index (χ0n) is 20.4. The molecule has 0 spiro atoms. The molecule has 0 bridgehead atoms. The molecule has 4 rings (SSSR count). The minimum atomic E-state index is -0.764. The number of ketones is 1. The lowest BCUT2D eigenvalue weighted by molar-refractivity contribution is 0.0806. The summed E-state index contributed by atoms with van der Waals surface area (Å²) < 4.78 is 6.25. The standard InChI is InChI=1S/C29H30Cl2O3/c1-28(2,3)19-13-17(14-20(26(19)33)29(4,5)6)24-18-9-7-8-10-23(18)34-27(24)25(32)16-11-12-21(30)22(31)15-16/h7-15,24,27,33H,1-6H3/t24-,27-/m0/s1. The minimum Gasteiger partial charge on any atom is -0.507 e. The Kier molecular flexibility index (Phi) is 6.25. The van der Waals surface area contributed by atoms with Gasteiger partial charge < -0.3 is 9.84 Å². The van der Waals surface area contributed by atoms with Gasteiger partial charge in [0.1, 0.15) is 11.5 Å². The summed E-state index contributed by atoms with van der Waals surface area (Å²) in [6.07, 6.45) is -0.764. The molecule has 0 saturated carbocycles. The van der Waals surface area contributed by atoms with Crippen molar-refractivity contribution in [3.05, 3.63) is 92.5 Å². The number of para-hydroxylation sites is 1. The second-order valence-electron chi connectivity index (χ2n) is 11.0. The highest BCUT2D eigenvalue weighted by molar-refractivity contribution is 6.42. The molecule has 1 aliphatic rings. The maximum absolute atomic E-state index is 13.7. The van der Waals surface area contributed by atoms with Crippen molar-refractivity contribution < 1.29 is 14.6 Å². The Morgan fingerprint density at radius 2 is 1.44 bits per heavy atom. The van der Waals surface area contributed by atoms with Gasteiger partial charge in [-0.05, 0) is 51.8 Å². The van der Waals surface area contributed by atoms with Gasteiger partial charge in [-0.25, -0.2) is 0 Å². The van der Waals surface area contributed by atoms with Crippen molar-refractivity contribution in [3.63, 3.8) is 0 Å². The first-order valence-electron chi connectivity index (χ1n) is 11.4. The molecule has 5 heteroatoms. The van der Waals surface area contributed by atoms with Gasteiger partial charge in [0.05, 0.1) is 16.0 Å². The first-order valence-corrected chi connectivity index (χ1v) is 12.2. The summed E-state index contributed by atoms with van der Waals surface area (Å²) in [6, 6.07) is 16.7. The molecular formula is C29H30Cl2O3. The number of ether oxygens (including phenoxy) is 1. The van der Waals surface area contributed by atoms with E-state index in [1.165, 1.54) is 0 Å². The van der Waals surface area contributed by atoms with E-state index in [1.807, 2.05) is 36.4 Å². The quantitative estimate of drug-likeness (QED) is 0.372. The van der Waals surface area contributed by atoms with Gasteiger partial charge in [-0.1, -0.05) is 95.1 Å². The van der Waals surface area contributed by atoms with E-state index in [4.69, 9.17) is 27.9 Å². The predicted octanol–water partition coefficient (Wildman–Crippen LogP) is 8.07. The van der Waals surface area contributed by atoms with Crippen LogP contribution in [0, 0.1) is 0 Å². The van der Waals surface area contributed by atoms with Crippen LogP contribution in [0.1, 0.15) is 80.1 Å². The number of hydrogen-bond donors (Lipinski definition) is 1. The number of fused-ring (bicyclic) bond motifs is 1. The summed E-state index contributed by atoms with van der Waals surface area (Å²) in [7, 11) is 0. The molecule has 3 aromatic carbocycles. The van der Waals surface area contributed by atoms with E-state index in [1.54, 1.807) is 18.2 Å². The van der Waals surface area contributed by atoms with E-state index in [9.17, 15) is 9.90 Å². The number of benzene rings is 3. The van der Waals surface area contributed by atoms with Crippen LogP contribution in [0.4, 0.5) is 0 Å². The highest BCUT2D eigenvalue weighted by Crippen LogP contribution is 2.47. The smallest absolute Gasteiger partial charge is 0.204 e. The zero-order chi connectivity index (χ0) is 25.0. The topological polar surface area (TPSA) is 46.5 Å². The number of halogens is 2. The summed E-state index contributed by atoms with van der Waals surface area (Å²) >= 11 is 12.3. The normalized spacial score (nSPS) is 17.9. The summed E-state index contributed by atoms with van der Waals surface area (Å²) in [5, 5.41) is 11.9. The molecule has 3 aromatic rings. The molecule has 1 aliphatic heterocycles. The van der Waals surface area contributed by atoms with Crippen molar-refractivity contribution in [2.24, 2.45) is 0 Å². The zero-order valence-corrected chi connectivity index (χ0v) is 21.9. The predicted molar refractivity (Wildman–Crippen MR) is 139 cm³/mol. The van der Waals surface area contributed by atoms with E-state index in [0.29, 0.717) is 27.1 Å². The van der Waals surface area contributed by atoms with Gasteiger partial charge in [0.15, 0.2) is 6.10 Å². The SMILES string of the molecule is CC(C)(C)c1cc([C@H]2c3ccccc3O[C@@H]2C(=O)c2ccc(Cl)c(Cl)c2)cc(C(C)(C)C)c1O. The molecule has 0 unspecified atom stereocenters. The largest absolute Gasteiger partial charge is 0.507 e. The highest BCUT2D eigenvalue weighted by Gasteiger charge is 2.42. The molecule has 0 saturated heterocycles. The van der Waals surface area contributed by atoms with Crippen molar-refractivity contribution in [1.82, 2.24) is 0 Å². The van der Waals surface area contributed by atoms with E-state index >= 15 is 0 Å². The third-order valence-corrected chi connectivity index (χ3v) is 7.12. The number of phenols is 1. The molecular weight excluding hydrogens is 467 g/mol. The fraction of sp³-hybridized carbons (Fsp3) is 0.345. The monoisotopic (exact) mass is 496 g/mol. The van der Waals surface area contributed by atoms with E-state index in [2.05, 4.69) is 41.5 Å². The van der Waals surface area contributed by atoms with Gasteiger partial charge in [0, 0.05) is 11.1 Å². The second kappa shape index (κ2) is 8.62. The Balaban J connectivity index is 1.92. The van der Waals surface area contributed by atoms with Crippen LogP contribution in [0.5, 0.6) is 11.5 Å². The van der Waals surface area contributed by atoms with Crippen LogP contribution in [0.2, 0.25) is 10.0 Å². The van der Waals surface area contributed by atoms with Crippen molar-refractivity contribution in [1.29, 1.82) is 0 Å². The Hall–Kier alpha value is -2.49. The number of carbonyl (C=O) groups excluding carboxylic acids is 1. The van der Waals surface area contributed by atoms with Gasteiger partial charge in [-0.2, -0.15) is 0 Å². The average molecular weight is 497 g/mol. The lowest BCUT2D eigenvalue weighted by Crippen LogP contribution is -2.30. The third-order valence-electron chi connectivity index (χ3n) is 6.38. The lowest BCUT2D eigenvalue weighted by Gasteiger charge is -2.30. The molecule has 3 nitrogen and oxygen atoms in total. The summed E-state index contributed by atoms with van der Waals surface area (Å²) in [5.41, 5.74) is 3.45. The van der Waals surface area contributed by atoms with Gasteiger partial charge in [0.2, 0.25) is 5.78 Å². The molecule has 1 N–H and O–H groups in total. The maximum atomic E-state index is 13.7. The van der Waals surface area contributed by atoms with E-state index in [-0.39, 0.29) is 22.5 Å². The Morgan fingerprint density at radius 3 is 2.00 bits per heavy atom. The molecule has 178 valence electrons. The van der Waals surface area contributed by atoms with Crippen LogP contribution in [0.25, 0.3) is 0 Å². The van der Waals surface area contributed by atoms with Gasteiger partial charge in [-0.3, -0.25) is 4.79 Å². The maximum Gasteiger partial charge on any atom is 0.204 e. The number of carbonyl (C=O) groups is 1. The molecule has 34 heavy (non-hydrogen) atoms. The van der Waals surface area contributed by atoms with Crippen molar-refractivity contribution in [2.75, 3.05) is 0 Å². The van der Waals surface area contributed by atoms with Crippen LogP contribution >= 0.6 is 23.2 Å². The van der Waals surface area contributed by atoms with Crippen LogP contribution in [0.3, 0.4) is 0 Å². The van der Waals surface area contributed by atoms with Gasteiger partial charge in [0.25, 0.3) is 0 Å². The van der Waals surface area contributed by atoms with Crippen LogP contribution in [-0.4, -0.2) is 17.0 Å². The molecule has 0 radical (unpaired) electrons. The highest BCUT2D eigenvalue weighted by atomic mass is 35.5. The van der Waals surface area contributed by atoms with Crippen LogP contribution in [-0.2, 0) is 10.8 Å². The first-order chi connectivity index (χ1) is 15.8. The second-order valence-corrected chi connectivity index (χ2v) is 11.8. The number of rotatable bonds is 3. The molecule has 0 fully saturated rings. The van der Waals surface area contributed by atoms with E-state index in [0.717, 1.165) is 22.3 Å². The Labute approximate surface area is 211 Å². The molecule has 2 atom stereocenters. The number of Topliss-reactive ketones (excluding diaryl/α,β-unsaturated/α-hetero) is 1. The molecule has 0 amide bonds. The molecule has 0 aromatic heterocycles. The average Bonchev–Trinajstić information content (AvgIpc) is 3.13. The summed E-state index contributed by atoms with van der Waals surface area (Å²) in [6.45, 7) is 12.5. The van der Waals surface area contributed by atoms with Crippen molar-refractivity contribution >= 4 is 29.0 Å². The third kappa shape index (κ3) is 4.44. The van der Waals surface area contributed by atoms with Crippen LogP contribution < -0.4 is 4.74 Å². The minimum absolute atomic E-state index is 0.164. The van der Waals surface area contributed by atoms with Crippen LogP contribution in [0.15, 0.2) is 54.6 Å². The fourth-order valence-electron chi connectivity index (χ4n) is 4.57. The van der Waals surface area contributed by atoms with Gasteiger partial charge >= 0.3 is 0 Å².